The highest BCUT2D eigenvalue weighted by Gasteiger charge is 2.05. The molecule has 0 spiro atoms. The van der Waals surface area contributed by atoms with Crippen LogP contribution in [0.2, 0.25) is 0 Å². The van der Waals surface area contributed by atoms with Gasteiger partial charge in [-0.2, -0.15) is 0 Å². The number of H-pyrrole nitrogens is 1. The minimum Gasteiger partial charge on any atom is -0.496 e. The average molecular weight is 282 g/mol. The van der Waals surface area contributed by atoms with E-state index in [0.29, 0.717) is 5.75 Å². The molecule has 0 saturated heterocycles. The number of hydrogen-bond donors (Lipinski definition) is 3. The van der Waals surface area contributed by atoms with Crippen molar-refractivity contribution in [2.24, 2.45) is 0 Å². The van der Waals surface area contributed by atoms with E-state index in [9.17, 15) is 5.11 Å². The molecule has 0 saturated carbocycles. The van der Waals surface area contributed by atoms with E-state index in [1.54, 1.807) is 7.11 Å². The lowest BCUT2D eigenvalue weighted by Gasteiger charge is -2.11. The van der Waals surface area contributed by atoms with Crippen molar-refractivity contribution in [2.75, 3.05) is 12.4 Å². The van der Waals surface area contributed by atoms with E-state index in [-0.39, 0.29) is 6.61 Å². The van der Waals surface area contributed by atoms with Gasteiger partial charge >= 0.3 is 0 Å². The van der Waals surface area contributed by atoms with E-state index in [1.807, 2.05) is 30.5 Å². The van der Waals surface area contributed by atoms with Crippen LogP contribution >= 0.6 is 0 Å². The van der Waals surface area contributed by atoms with Gasteiger partial charge in [0.2, 0.25) is 0 Å². The molecule has 0 aliphatic carbocycles. The normalized spacial score (nSPS) is 10.8. The second-order valence-electron chi connectivity index (χ2n) is 4.89. The molecule has 0 atom stereocenters. The molecule has 4 nitrogen and oxygen atoms in total. The van der Waals surface area contributed by atoms with Gasteiger partial charge in [0.15, 0.2) is 0 Å². The number of fused-ring (bicyclic) bond motifs is 1. The first-order valence-corrected chi connectivity index (χ1v) is 6.88. The largest absolute Gasteiger partial charge is 0.496 e. The molecule has 21 heavy (non-hydrogen) atoms. The highest BCUT2D eigenvalue weighted by Crippen LogP contribution is 2.24. The van der Waals surface area contributed by atoms with Crippen molar-refractivity contribution < 1.29 is 9.84 Å². The van der Waals surface area contributed by atoms with Crippen molar-refractivity contribution >= 4 is 16.6 Å². The maximum atomic E-state index is 9.36. The van der Waals surface area contributed by atoms with Crippen molar-refractivity contribution in [3.63, 3.8) is 0 Å². The van der Waals surface area contributed by atoms with E-state index in [0.717, 1.165) is 23.3 Å². The lowest BCUT2D eigenvalue weighted by molar-refractivity contribution is 0.274. The van der Waals surface area contributed by atoms with E-state index in [2.05, 4.69) is 28.5 Å². The smallest absolute Gasteiger partial charge is 0.124 e. The van der Waals surface area contributed by atoms with E-state index < -0.39 is 0 Å². The minimum absolute atomic E-state index is 0.0356. The monoisotopic (exact) mass is 282 g/mol. The van der Waals surface area contributed by atoms with Crippen LogP contribution in [0, 0.1) is 0 Å². The zero-order chi connectivity index (χ0) is 14.7. The predicted octanol–water partition coefficient (Wildman–Crippen LogP) is 3.28. The average Bonchev–Trinajstić information content (AvgIpc) is 3.01. The third kappa shape index (κ3) is 2.71. The quantitative estimate of drug-likeness (QED) is 0.673. The Bertz CT molecular complexity index is 749. The van der Waals surface area contributed by atoms with Crippen LogP contribution in [0.1, 0.15) is 11.1 Å². The van der Waals surface area contributed by atoms with Gasteiger partial charge < -0.3 is 20.1 Å². The number of aromatic nitrogens is 1. The summed E-state index contributed by atoms with van der Waals surface area (Å²) in [5.74, 6) is 0.704. The highest BCUT2D eigenvalue weighted by atomic mass is 16.5. The first-order chi connectivity index (χ1) is 10.3. The number of aliphatic hydroxyl groups is 1. The summed E-state index contributed by atoms with van der Waals surface area (Å²) < 4.78 is 5.21. The van der Waals surface area contributed by atoms with Crippen molar-refractivity contribution in [3.8, 4) is 5.75 Å². The second-order valence-corrected chi connectivity index (χ2v) is 4.89. The molecule has 3 N–H and O–H groups in total. The maximum absolute atomic E-state index is 9.36. The Balaban J connectivity index is 1.80. The third-order valence-corrected chi connectivity index (χ3v) is 3.62. The topological polar surface area (TPSA) is 57.3 Å². The standard InChI is InChI=1S/C17H18N2O2/c1-21-17-6-5-14(9-13(17)11-20)19-10-12-3-2-4-16-15(12)7-8-18-16/h2-9,18-20H,10-11H2,1H3. The van der Waals surface area contributed by atoms with Crippen LogP contribution in [-0.2, 0) is 13.2 Å². The van der Waals surface area contributed by atoms with Crippen LogP contribution in [0.3, 0.4) is 0 Å². The molecular formula is C17H18N2O2. The van der Waals surface area contributed by atoms with Gasteiger partial charge in [0.25, 0.3) is 0 Å². The summed E-state index contributed by atoms with van der Waals surface area (Å²) in [7, 11) is 1.61. The first kappa shape index (κ1) is 13.5. The van der Waals surface area contributed by atoms with Gasteiger partial charge in [-0.3, -0.25) is 0 Å². The molecule has 0 fully saturated rings. The summed E-state index contributed by atoms with van der Waals surface area (Å²) in [5.41, 5.74) is 4.12. The Morgan fingerprint density at radius 1 is 1.14 bits per heavy atom. The molecule has 0 bridgehead atoms. The van der Waals surface area contributed by atoms with Crippen molar-refractivity contribution in [2.45, 2.75) is 13.2 Å². The van der Waals surface area contributed by atoms with E-state index in [1.165, 1.54) is 10.9 Å². The van der Waals surface area contributed by atoms with Crippen LogP contribution in [0.5, 0.6) is 5.75 Å². The molecule has 0 radical (unpaired) electrons. The van der Waals surface area contributed by atoms with Gasteiger partial charge in [-0.05, 0) is 35.9 Å². The van der Waals surface area contributed by atoms with Gasteiger partial charge in [-0.1, -0.05) is 12.1 Å². The Morgan fingerprint density at radius 3 is 2.86 bits per heavy atom. The third-order valence-electron chi connectivity index (χ3n) is 3.62. The van der Waals surface area contributed by atoms with Gasteiger partial charge in [0.1, 0.15) is 5.75 Å². The van der Waals surface area contributed by atoms with Crippen LogP contribution in [-0.4, -0.2) is 17.2 Å². The number of hydrogen-bond acceptors (Lipinski definition) is 3. The highest BCUT2D eigenvalue weighted by molar-refractivity contribution is 5.83. The van der Waals surface area contributed by atoms with Crippen molar-refractivity contribution in [1.82, 2.24) is 4.98 Å². The number of benzene rings is 2. The van der Waals surface area contributed by atoms with Crippen LogP contribution < -0.4 is 10.1 Å². The minimum atomic E-state index is -0.0356. The summed E-state index contributed by atoms with van der Waals surface area (Å²) in [6, 6.07) is 14.0. The summed E-state index contributed by atoms with van der Waals surface area (Å²) in [6.45, 7) is 0.693. The Kier molecular flexibility index (Phi) is 3.79. The fourth-order valence-corrected chi connectivity index (χ4v) is 2.51. The zero-order valence-corrected chi connectivity index (χ0v) is 11.9. The molecule has 2 aromatic carbocycles. The predicted molar refractivity (Wildman–Crippen MR) is 84.5 cm³/mol. The van der Waals surface area contributed by atoms with Crippen LogP contribution in [0.25, 0.3) is 10.9 Å². The molecule has 0 amide bonds. The molecule has 1 heterocycles. The Morgan fingerprint density at radius 2 is 2.05 bits per heavy atom. The van der Waals surface area contributed by atoms with Crippen molar-refractivity contribution in [1.29, 1.82) is 0 Å². The number of rotatable bonds is 5. The first-order valence-electron chi connectivity index (χ1n) is 6.88. The van der Waals surface area contributed by atoms with Crippen molar-refractivity contribution in [3.05, 3.63) is 59.8 Å². The number of aromatic amines is 1. The number of nitrogens with one attached hydrogen (secondary N) is 2. The number of anilines is 1. The van der Waals surface area contributed by atoms with Gasteiger partial charge in [-0.25, -0.2) is 0 Å². The zero-order valence-electron chi connectivity index (χ0n) is 11.9. The van der Waals surface area contributed by atoms with E-state index in [4.69, 9.17) is 4.74 Å². The van der Waals surface area contributed by atoms with Crippen LogP contribution in [0.4, 0.5) is 5.69 Å². The molecule has 1 aromatic heterocycles. The molecule has 108 valence electrons. The van der Waals surface area contributed by atoms with Gasteiger partial charge in [-0.15, -0.1) is 0 Å². The molecule has 0 unspecified atom stereocenters. The van der Waals surface area contributed by atoms with E-state index >= 15 is 0 Å². The molecular weight excluding hydrogens is 264 g/mol. The summed E-state index contributed by atoms with van der Waals surface area (Å²) >= 11 is 0. The maximum Gasteiger partial charge on any atom is 0.124 e. The summed E-state index contributed by atoms with van der Waals surface area (Å²) in [5, 5.41) is 14.0. The summed E-state index contributed by atoms with van der Waals surface area (Å²) in [6.07, 6.45) is 1.95. The molecule has 3 aromatic rings. The van der Waals surface area contributed by atoms with Gasteiger partial charge in [0.05, 0.1) is 13.7 Å². The Labute approximate surface area is 123 Å². The second kappa shape index (κ2) is 5.89. The SMILES string of the molecule is COc1ccc(NCc2cccc3[nH]ccc23)cc1CO. The Hall–Kier alpha value is -2.46. The molecule has 3 rings (SSSR count). The van der Waals surface area contributed by atoms with Crippen LogP contribution in [0.15, 0.2) is 48.7 Å². The lowest BCUT2D eigenvalue weighted by atomic mass is 10.1. The lowest BCUT2D eigenvalue weighted by Crippen LogP contribution is -2.01. The molecule has 0 aliphatic rings. The van der Waals surface area contributed by atoms with Gasteiger partial charge in [0, 0.05) is 34.9 Å². The number of aliphatic hydroxyl groups excluding tert-OH is 1. The molecule has 4 heteroatoms. The fourth-order valence-electron chi connectivity index (χ4n) is 2.51. The fraction of sp³-hybridized carbons (Fsp3) is 0.176. The number of ether oxygens (including phenoxy) is 1. The number of methoxy groups -OCH3 is 1. The molecule has 0 aliphatic heterocycles. The summed E-state index contributed by atoms with van der Waals surface area (Å²) in [4.78, 5) is 3.21.